The molecule has 2 bridgehead atoms. The molecule has 1 aliphatic carbocycles. The average Bonchev–Trinajstić information content (AvgIpc) is 3.08. The van der Waals surface area contributed by atoms with E-state index in [0.29, 0.717) is 0 Å². The molecule has 3 rings (SSSR count). The van der Waals surface area contributed by atoms with E-state index in [1.165, 1.54) is 31.4 Å². The molecule has 2 aliphatic rings. The minimum Gasteiger partial charge on any atom is -0.394 e. The standard InChI is InChI=1S/C16H24N2O/c1-17-16(12-19,14-5-3-2-4-6-14)11-18-10-13-7-8-15(18)9-13/h2-6,13,15,17,19H,7-12H2,1H3. The summed E-state index contributed by atoms with van der Waals surface area (Å²) in [4.78, 5) is 2.58. The number of likely N-dealkylation sites (tertiary alicyclic amines) is 1. The first-order valence-electron chi connectivity index (χ1n) is 7.37. The molecule has 1 heterocycles. The molecule has 3 atom stereocenters. The third-order valence-corrected chi connectivity index (χ3v) is 5.07. The first-order chi connectivity index (χ1) is 9.27. The fourth-order valence-electron chi connectivity index (χ4n) is 3.86. The Kier molecular flexibility index (Phi) is 3.61. The van der Waals surface area contributed by atoms with Gasteiger partial charge in [-0.3, -0.25) is 4.90 Å². The molecular formula is C16H24N2O. The summed E-state index contributed by atoms with van der Waals surface area (Å²) >= 11 is 0. The minimum atomic E-state index is -0.328. The van der Waals surface area contributed by atoms with Crippen LogP contribution >= 0.6 is 0 Å². The summed E-state index contributed by atoms with van der Waals surface area (Å²) in [7, 11) is 1.96. The van der Waals surface area contributed by atoms with Gasteiger partial charge in [0, 0.05) is 19.1 Å². The van der Waals surface area contributed by atoms with Crippen LogP contribution in [-0.4, -0.2) is 42.8 Å². The van der Waals surface area contributed by atoms with Gasteiger partial charge in [-0.25, -0.2) is 0 Å². The third-order valence-electron chi connectivity index (χ3n) is 5.07. The van der Waals surface area contributed by atoms with E-state index in [2.05, 4.69) is 22.3 Å². The zero-order chi connectivity index (χ0) is 13.3. The molecule has 3 unspecified atom stereocenters. The Morgan fingerprint density at radius 2 is 2.11 bits per heavy atom. The van der Waals surface area contributed by atoms with Crippen molar-refractivity contribution in [3.8, 4) is 0 Å². The van der Waals surface area contributed by atoms with E-state index in [0.717, 1.165) is 18.5 Å². The summed E-state index contributed by atoms with van der Waals surface area (Å²) in [6.45, 7) is 2.26. The molecule has 0 radical (unpaired) electrons. The van der Waals surface area contributed by atoms with Gasteiger partial charge in [-0.15, -0.1) is 0 Å². The first-order valence-corrected chi connectivity index (χ1v) is 7.37. The van der Waals surface area contributed by atoms with E-state index < -0.39 is 0 Å². The molecule has 0 amide bonds. The van der Waals surface area contributed by atoms with Crippen LogP contribution in [0.15, 0.2) is 30.3 Å². The highest BCUT2D eigenvalue weighted by Crippen LogP contribution is 2.39. The Balaban J connectivity index is 1.81. The zero-order valence-corrected chi connectivity index (χ0v) is 11.7. The van der Waals surface area contributed by atoms with Crippen molar-refractivity contribution >= 4 is 0 Å². The van der Waals surface area contributed by atoms with E-state index >= 15 is 0 Å². The number of aliphatic hydroxyl groups is 1. The normalized spacial score (nSPS) is 29.6. The molecule has 1 aromatic rings. The van der Waals surface area contributed by atoms with Crippen molar-refractivity contribution in [1.29, 1.82) is 0 Å². The number of nitrogens with one attached hydrogen (secondary N) is 1. The number of rotatable bonds is 5. The molecular weight excluding hydrogens is 236 g/mol. The molecule has 1 aliphatic heterocycles. The lowest BCUT2D eigenvalue weighted by atomic mass is 9.89. The average molecular weight is 260 g/mol. The second-order valence-electron chi connectivity index (χ2n) is 6.12. The molecule has 2 N–H and O–H groups in total. The second kappa shape index (κ2) is 5.23. The van der Waals surface area contributed by atoms with Crippen molar-refractivity contribution in [2.75, 3.05) is 26.7 Å². The predicted octanol–water partition coefficient (Wildman–Crippen LogP) is 1.58. The largest absolute Gasteiger partial charge is 0.394 e. The molecule has 3 heteroatoms. The van der Waals surface area contributed by atoms with E-state index in [1.54, 1.807) is 0 Å². The van der Waals surface area contributed by atoms with Crippen LogP contribution in [0.5, 0.6) is 0 Å². The summed E-state index contributed by atoms with van der Waals surface area (Å²) in [6.07, 6.45) is 4.10. The van der Waals surface area contributed by atoms with Crippen LogP contribution in [0.3, 0.4) is 0 Å². The van der Waals surface area contributed by atoms with Gasteiger partial charge in [0.05, 0.1) is 12.1 Å². The number of hydrogen-bond donors (Lipinski definition) is 2. The van der Waals surface area contributed by atoms with Crippen LogP contribution in [0.1, 0.15) is 24.8 Å². The highest BCUT2D eigenvalue weighted by atomic mass is 16.3. The van der Waals surface area contributed by atoms with Crippen molar-refractivity contribution in [3.63, 3.8) is 0 Å². The third kappa shape index (κ3) is 2.31. The molecule has 2 fully saturated rings. The van der Waals surface area contributed by atoms with Crippen molar-refractivity contribution in [2.24, 2.45) is 5.92 Å². The number of likely N-dealkylation sites (N-methyl/N-ethyl adjacent to an activating group) is 1. The van der Waals surface area contributed by atoms with Gasteiger partial charge in [0.2, 0.25) is 0 Å². The van der Waals surface area contributed by atoms with Crippen molar-refractivity contribution < 1.29 is 5.11 Å². The Morgan fingerprint density at radius 1 is 1.32 bits per heavy atom. The lowest BCUT2D eigenvalue weighted by Crippen LogP contribution is -2.53. The van der Waals surface area contributed by atoms with Crippen molar-refractivity contribution in [3.05, 3.63) is 35.9 Å². The topological polar surface area (TPSA) is 35.5 Å². The summed E-state index contributed by atoms with van der Waals surface area (Å²) < 4.78 is 0. The van der Waals surface area contributed by atoms with E-state index in [1.807, 2.05) is 25.2 Å². The molecule has 3 nitrogen and oxygen atoms in total. The Hall–Kier alpha value is -0.900. The highest BCUT2D eigenvalue weighted by molar-refractivity contribution is 5.25. The van der Waals surface area contributed by atoms with Gasteiger partial charge in [0.25, 0.3) is 0 Å². The summed E-state index contributed by atoms with van der Waals surface area (Å²) in [5.41, 5.74) is 0.855. The minimum absolute atomic E-state index is 0.140. The summed E-state index contributed by atoms with van der Waals surface area (Å²) in [5, 5.41) is 13.3. The maximum Gasteiger partial charge on any atom is 0.0795 e. The molecule has 1 saturated carbocycles. The fraction of sp³-hybridized carbons (Fsp3) is 0.625. The monoisotopic (exact) mass is 260 g/mol. The first kappa shape index (κ1) is 13.1. The van der Waals surface area contributed by atoms with Crippen LogP contribution < -0.4 is 5.32 Å². The van der Waals surface area contributed by atoms with Gasteiger partial charge < -0.3 is 10.4 Å². The molecule has 104 valence electrons. The molecule has 0 aromatic heterocycles. The molecule has 0 spiro atoms. The quantitative estimate of drug-likeness (QED) is 0.844. The number of hydrogen-bond acceptors (Lipinski definition) is 3. The second-order valence-corrected chi connectivity index (χ2v) is 6.12. The van der Waals surface area contributed by atoms with Crippen LogP contribution in [-0.2, 0) is 5.54 Å². The smallest absolute Gasteiger partial charge is 0.0795 e. The SMILES string of the molecule is CNC(CO)(CN1CC2CCC1C2)c1ccccc1. The van der Waals surface area contributed by atoms with E-state index in [9.17, 15) is 5.11 Å². The van der Waals surface area contributed by atoms with Crippen LogP contribution in [0.2, 0.25) is 0 Å². The van der Waals surface area contributed by atoms with Gasteiger partial charge in [0.1, 0.15) is 0 Å². The Labute approximate surface area is 115 Å². The zero-order valence-electron chi connectivity index (χ0n) is 11.7. The van der Waals surface area contributed by atoms with Gasteiger partial charge in [-0.2, -0.15) is 0 Å². The number of aliphatic hydroxyl groups excluding tert-OH is 1. The maximum atomic E-state index is 9.97. The van der Waals surface area contributed by atoms with Gasteiger partial charge >= 0.3 is 0 Å². The number of fused-ring (bicyclic) bond motifs is 2. The Bertz CT molecular complexity index is 416. The lowest BCUT2D eigenvalue weighted by Gasteiger charge is -2.39. The van der Waals surface area contributed by atoms with Crippen molar-refractivity contribution in [2.45, 2.75) is 30.8 Å². The highest BCUT2D eigenvalue weighted by Gasteiger charge is 2.42. The maximum absolute atomic E-state index is 9.97. The van der Waals surface area contributed by atoms with Gasteiger partial charge in [-0.1, -0.05) is 30.3 Å². The fourth-order valence-corrected chi connectivity index (χ4v) is 3.86. The summed E-state index contributed by atoms with van der Waals surface area (Å²) in [5.74, 6) is 0.897. The van der Waals surface area contributed by atoms with E-state index in [-0.39, 0.29) is 12.1 Å². The van der Waals surface area contributed by atoms with Crippen LogP contribution in [0, 0.1) is 5.92 Å². The van der Waals surface area contributed by atoms with Gasteiger partial charge in [-0.05, 0) is 37.8 Å². The predicted molar refractivity (Wildman–Crippen MR) is 77.0 cm³/mol. The van der Waals surface area contributed by atoms with Crippen LogP contribution in [0.4, 0.5) is 0 Å². The molecule has 19 heavy (non-hydrogen) atoms. The van der Waals surface area contributed by atoms with Gasteiger partial charge in [0.15, 0.2) is 0 Å². The Morgan fingerprint density at radius 3 is 2.63 bits per heavy atom. The number of nitrogens with zero attached hydrogens (tertiary/aromatic N) is 1. The summed E-state index contributed by atoms with van der Waals surface area (Å²) in [6, 6.07) is 11.1. The molecule has 1 saturated heterocycles. The van der Waals surface area contributed by atoms with E-state index in [4.69, 9.17) is 0 Å². The lowest BCUT2D eigenvalue weighted by molar-refractivity contribution is 0.0950. The van der Waals surface area contributed by atoms with Crippen molar-refractivity contribution in [1.82, 2.24) is 10.2 Å². The number of benzene rings is 1. The molecule has 1 aromatic carbocycles. The number of piperidine rings is 1. The van der Waals surface area contributed by atoms with Crippen LogP contribution in [0.25, 0.3) is 0 Å².